The molecule has 1 heterocycles. The SMILES string of the molecule is CC(C)=C1CN(S(=O)(=O)c2ccc(C)cc2)C[C@H]1/C=C/C[C@H](O)C(C)(C)C. The normalized spacial score (nSPS) is 20.4. The first-order valence-electron chi connectivity index (χ1n) is 9.50. The fourth-order valence-electron chi connectivity index (χ4n) is 3.17. The van der Waals surface area contributed by atoms with Crippen LogP contribution in [0.4, 0.5) is 0 Å². The highest BCUT2D eigenvalue weighted by molar-refractivity contribution is 7.89. The van der Waals surface area contributed by atoms with Crippen molar-refractivity contribution >= 4 is 10.0 Å². The molecule has 0 spiro atoms. The Kier molecular flexibility index (Phi) is 6.72. The number of rotatable bonds is 5. The van der Waals surface area contributed by atoms with Crippen molar-refractivity contribution in [1.29, 1.82) is 0 Å². The van der Waals surface area contributed by atoms with Gasteiger partial charge < -0.3 is 5.11 Å². The fourth-order valence-corrected chi connectivity index (χ4v) is 4.62. The highest BCUT2D eigenvalue weighted by Gasteiger charge is 2.35. The van der Waals surface area contributed by atoms with Gasteiger partial charge in [-0.1, -0.05) is 56.2 Å². The zero-order valence-electron chi connectivity index (χ0n) is 17.4. The minimum absolute atomic E-state index is 0.0578. The Bertz CT molecular complexity index is 810. The van der Waals surface area contributed by atoms with Crippen molar-refractivity contribution in [3.63, 3.8) is 0 Å². The summed E-state index contributed by atoms with van der Waals surface area (Å²) < 4.78 is 27.6. The van der Waals surface area contributed by atoms with E-state index < -0.39 is 16.1 Å². The van der Waals surface area contributed by atoms with Crippen molar-refractivity contribution in [2.45, 2.75) is 59.0 Å². The van der Waals surface area contributed by atoms with Crippen LogP contribution in [0.25, 0.3) is 0 Å². The van der Waals surface area contributed by atoms with Crippen LogP contribution in [0.2, 0.25) is 0 Å². The molecular weight excluding hydrogens is 358 g/mol. The van der Waals surface area contributed by atoms with Gasteiger partial charge in [0, 0.05) is 19.0 Å². The van der Waals surface area contributed by atoms with Gasteiger partial charge in [-0.05, 0) is 50.3 Å². The van der Waals surface area contributed by atoms with Crippen LogP contribution in [0.15, 0.2) is 52.5 Å². The quantitative estimate of drug-likeness (QED) is 0.761. The van der Waals surface area contributed by atoms with Gasteiger partial charge in [0.05, 0.1) is 11.0 Å². The molecule has 1 aromatic carbocycles. The highest BCUT2D eigenvalue weighted by Crippen LogP contribution is 2.32. The van der Waals surface area contributed by atoms with E-state index in [2.05, 4.69) is 6.08 Å². The Morgan fingerprint density at radius 2 is 1.85 bits per heavy atom. The summed E-state index contributed by atoms with van der Waals surface area (Å²) in [5.74, 6) is 0.0578. The number of aliphatic hydroxyl groups excluding tert-OH is 1. The van der Waals surface area contributed by atoms with Crippen molar-refractivity contribution in [3.8, 4) is 0 Å². The van der Waals surface area contributed by atoms with Gasteiger partial charge in [-0.2, -0.15) is 4.31 Å². The molecule has 1 saturated heterocycles. The van der Waals surface area contributed by atoms with Crippen LogP contribution < -0.4 is 0 Å². The van der Waals surface area contributed by atoms with Gasteiger partial charge in [0.15, 0.2) is 0 Å². The third-order valence-corrected chi connectivity index (χ3v) is 7.05. The Morgan fingerprint density at radius 1 is 1.26 bits per heavy atom. The maximum atomic E-state index is 13.0. The molecule has 0 aliphatic carbocycles. The zero-order chi connectivity index (χ0) is 20.4. The van der Waals surface area contributed by atoms with Gasteiger partial charge in [-0.3, -0.25) is 0 Å². The first-order chi connectivity index (χ1) is 12.4. The molecule has 0 radical (unpaired) electrons. The number of hydrogen-bond donors (Lipinski definition) is 1. The number of aryl methyl sites for hydroxylation is 1. The number of allylic oxidation sites excluding steroid dienone is 1. The van der Waals surface area contributed by atoms with E-state index in [0.717, 1.165) is 16.7 Å². The smallest absolute Gasteiger partial charge is 0.243 e. The zero-order valence-corrected chi connectivity index (χ0v) is 18.2. The molecule has 0 saturated carbocycles. The van der Waals surface area contributed by atoms with E-state index in [4.69, 9.17) is 0 Å². The molecule has 1 aliphatic heterocycles. The lowest BCUT2D eigenvalue weighted by Gasteiger charge is -2.24. The molecule has 150 valence electrons. The van der Waals surface area contributed by atoms with E-state index in [1.54, 1.807) is 16.4 Å². The molecule has 27 heavy (non-hydrogen) atoms. The van der Waals surface area contributed by atoms with E-state index in [0.29, 0.717) is 24.4 Å². The lowest BCUT2D eigenvalue weighted by molar-refractivity contribution is 0.0658. The average Bonchev–Trinajstić information content (AvgIpc) is 2.99. The molecule has 2 rings (SSSR count). The van der Waals surface area contributed by atoms with Gasteiger partial charge >= 0.3 is 0 Å². The molecule has 1 aliphatic rings. The van der Waals surface area contributed by atoms with E-state index >= 15 is 0 Å². The molecule has 5 heteroatoms. The summed E-state index contributed by atoms with van der Waals surface area (Å²) in [5, 5.41) is 10.2. The van der Waals surface area contributed by atoms with Crippen LogP contribution in [0.5, 0.6) is 0 Å². The third kappa shape index (κ3) is 5.31. The lowest BCUT2D eigenvalue weighted by atomic mass is 9.87. The van der Waals surface area contributed by atoms with Crippen molar-refractivity contribution < 1.29 is 13.5 Å². The van der Waals surface area contributed by atoms with Crippen LogP contribution >= 0.6 is 0 Å². The lowest BCUT2D eigenvalue weighted by Crippen LogP contribution is -2.28. The standard InChI is InChI=1S/C22H33NO3S/c1-16(2)20-15-23(27(25,26)19-12-10-17(3)11-13-19)14-18(20)8-7-9-21(24)22(4,5)6/h7-8,10-13,18,21,24H,9,14-15H2,1-6H3/b8-7+/t18-,21+/m1/s1. The van der Waals surface area contributed by atoms with E-state index in [-0.39, 0.29) is 11.3 Å². The van der Waals surface area contributed by atoms with Gasteiger partial charge in [-0.25, -0.2) is 8.42 Å². The Hall–Kier alpha value is -1.43. The number of nitrogens with zero attached hydrogens (tertiary/aromatic N) is 1. The molecule has 1 N–H and O–H groups in total. The topological polar surface area (TPSA) is 57.6 Å². The molecule has 0 unspecified atom stereocenters. The monoisotopic (exact) mass is 391 g/mol. The second-order valence-electron chi connectivity index (χ2n) is 8.79. The molecular formula is C22H33NO3S. The summed E-state index contributed by atoms with van der Waals surface area (Å²) in [6.07, 6.45) is 4.20. The molecule has 0 aromatic heterocycles. The van der Waals surface area contributed by atoms with Gasteiger partial charge in [0.2, 0.25) is 10.0 Å². The van der Waals surface area contributed by atoms with Crippen molar-refractivity contribution in [2.24, 2.45) is 11.3 Å². The molecule has 1 aromatic rings. The Labute approximate surface area is 164 Å². The Morgan fingerprint density at radius 3 is 2.37 bits per heavy atom. The fraction of sp³-hybridized carbons (Fsp3) is 0.545. The van der Waals surface area contributed by atoms with Crippen molar-refractivity contribution in [3.05, 3.63) is 53.1 Å². The second kappa shape index (κ2) is 8.29. The number of aliphatic hydroxyl groups is 1. The van der Waals surface area contributed by atoms with Gasteiger partial charge in [-0.15, -0.1) is 0 Å². The van der Waals surface area contributed by atoms with Crippen LogP contribution in [-0.4, -0.2) is 37.0 Å². The maximum absolute atomic E-state index is 13.0. The van der Waals surface area contributed by atoms with Crippen molar-refractivity contribution in [1.82, 2.24) is 4.31 Å². The minimum atomic E-state index is -3.50. The first kappa shape index (κ1) is 21.9. The van der Waals surface area contributed by atoms with Crippen LogP contribution in [-0.2, 0) is 10.0 Å². The largest absolute Gasteiger partial charge is 0.392 e. The predicted molar refractivity (Wildman–Crippen MR) is 111 cm³/mol. The highest BCUT2D eigenvalue weighted by atomic mass is 32.2. The molecule has 0 amide bonds. The average molecular weight is 392 g/mol. The van der Waals surface area contributed by atoms with E-state index in [1.807, 2.05) is 59.8 Å². The molecule has 4 nitrogen and oxygen atoms in total. The predicted octanol–water partition coefficient (Wildman–Crippen LogP) is 4.31. The number of benzene rings is 1. The summed E-state index contributed by atoms with van der Waals surface area (Å²) in [6, 6.07) is 7.01. The summed E-state index contributed by atoms with van der Waals surface area (Å²) in [5.41, 5.74) is 3.17. The first-order valence-corrected chi connectivity index (χ1v) is 10.9. The summed E-state index contributed by atoms with van der Waals surface area (Å²) in [7, 11) is -3.50. The molecule has 1 fully saturated rings. The third-order valence-electron chi connectivity index (χ3n) is 5.22. The van der Waals surface area contributed by atoms with Crippen molar-refractivity contribution in [2.75, 3.05) is 13.1 Å². The number of sulfonamides is 1. The van der Waals surface area contributed by atoms with E-state index in [9.17, 15) is 13.5 Å². The number of hydrogen-bond acceptors (Lipinski definition) is 3. The summed E-state index contributed by atoms with van der Waals surface area (Å²) in [4.78, 5) is 0.342. The molecule has 0 bridgehead atoms. The van der Waals surface area contributed by atoms with Crippen LogP contribution in [0, 0.1) is 18.3 Å². The van der Waals surface area contributed by atoms with E-state index in [1.165, 1.54) is 0 Å². The maximum Gasteiger partial charge on any atom is 0.243 e. The van der Waals surface area contributed by atoms with Gasteiger partial charge in [0.1, 0.15) is 0 Å². The second-order valence-corrected chi connectivity index (χ2v) is 10.7. The summed E-state index contributed by atoms with van der Waals surface area (Å²) >= 11 is 0. The molecule has 2 atom stereocenters. The minimum Gasteiger partial charge on any atom is -0.392 e. The van der Waals surface area contributed by atoms with Crippen LogP contribution in [0.1, 0.15) is 46.6 Å². The summed E-state index contributed by atoms with van der Waals surface area (Å²) in [6.45, 7) is 12.9. The Balaban J connectivity index is 2.19. The van der Waals surface area contributed by atoms with Crippen LogP contribution in [0.3, 0.4) is 0 Å². The van der Waals surface area contributed by atoms with Gasteiger partial charge in [0.25, 0.3) is 0 Å².